The van der Waals surface area contributed by atoms with Gasteiger partial charge in [-0.3, -0.25) is 4.79 Å². The standard InChI is InChI=1S/C25H21NO5S/c1-17-8-10-20(11-9-17)32(29,30)26-16-22(19-6-4-3-5-7-19)25-21(14-15-27)24(31-18(2)28)13-12-23(25)26/h3-13,15-16H,14H2,1-2H3. The number of nitrogens with zero attached hydrogens (tertiary/aromatic N) is 1. The maximum Gasteiger partial charge on any atom is 0.308 e. The molecule has 0 saturated carbocycles. The van der Waals surface area contributed by atoms with Crippen LogP contribution in [0.5, 0.6) is 5.75 Å². The predicted octanol–water partition coefficient (Wildman–Crippen LogP) is 4.52. The van der Waals surface area contributed by atoms with E-state index in [0.717, 1.165) is 11.1 Å². The molecule has 0 aliphatic rings. The third-order valence-electron chi connectivity index (χ3n) is 5.20. The van der Waals surface area contributed by atoms with E-state index in [9.17, 15) is 18.0 Å². The van der Waals surface area contributed by atoms with Crippen molar-refractivity contribution in [1.82, 2.24) is 3.97 Å². The highest BCUT2D eigenvalue weighted by Crippen LogP contribution is 2.39. The first kappa shape index (κ1) is 21.5. The fourth-order valence-electron chi connectivity index (χ4n) is 3.75. The Balaban J connectivity index is 2.08. The van der Waals surface area contributed by atoms with Gasteiger partial charge in [0.1, 0.15) is 12.0 Å². The van der Waals surface area contributed by atoms with Crippen molar-refractivity contribution < 1.29 is 22.7 Å². The summed E-state index contributed by atoms with van der Waals surface area (Å²) < 4.78 is 33.6. The number of carbonyl (C=O) groups is 2. The van der Waals surface area contributed by atoms with Crippen molar-refractivity contribution in [3.63, 3.8) is 0 Å². The van der Waals surface area contributed by atoms with Crippen molar-refractivity contribution in [2.24, 2.45) is 0 Å². The van der Waals surface area contributed by atoms with E-state index < -0.39 is 16.0 Å². The number of benzene rings is 3. The summed E-state index contributed by atoms with van der Waals surface area (Å²) in [4.78, 5) is 23.3. The van der Waals surface area contributed by atoms with E-state index in [0.29, 0.717) is 28.3 Å². The zero-order valence-corrected chi connectivity index (χ0v) is 18.4. The lowest BCUT2D eigenvalue weighted by molar-refractivity contribution is -0.132. The summed E-state index contributed by atoms with van der Waals surface area (Å²) in [5.41, 5.74) is 3.22. The zero-order chi connectivity index (χ0) is 22.9. The maximum absolute atomic E-state index is 13.5. The van der Waals surface area contributed by atoms with Crippen LogP contribution in [0.1, 0.15) is 18.1 Å². The Bertz CT molecular complexity index is 1420. The van der Waals surface area contributed by atoms with Crippen LogP contribution in [0, 0.1) is 6.92 Å². The van der Waals surface area contributed by atoms with Crippen LogP contribution in [-0.2, 0) is 26.0 Å². The maximum atomic E-state index is 13.5. The SMILES string of the molecule is CC(=O)Oc1ccc2c(c(-c3ccccc3)cn2S(=O)(=O)c2ccc(C)cc2)c1CC=O. The highest BCUT2D eigenvalue weighted by Gasteiger charge is 2.25. The Kier molecular flexibility index (Phi) is 5.67. The molecule has 3 aromatic carbocycles. The Morgan fingerprint density at radius 2 is 1.69 bits per heavy atom. The van der Waals surface area contributed by atoms with E-state index in [1.807, 2.05) is 37.3 Å². The van der Waals surface area contributed by atoms with E-state index in [4.69, 9.17) is 4.74 Å². The molecule has 32 heavy (non-hydrogen) atoms. The minimum absolute atomic E-state index is 0.0334. The van der Waals surface area contributed by atoms with Gasteiger partial charge in [-0.05, 0) is 36.8 Å². The van der Waals surface area contributed by atoms with Gasteiger partial charge in [-0.2, -0.15) is 0 Å². The molecule has 0 fully saturated rings. The number of aldehydes is 1. The van der Waals surface area contributed by atoms with E-state index in [-0.39, 0.29) is 17.1 Å². The van der Waals surface area contributed by atoms with Crippen molar-refractivity contribution in [1.29, 1.82) is 0 Å². The molecule has 162 valence electrons. The number of ether oxygens (including phenoxy) is 1. The van der Waals surface area contributed by atoms with Gasteiger partial charge in [0.05, 0.1) is 10.4 Å². The molecular weight excluding hydrogens is 426 g/mol. The predicted molar refractivity (Wildman–Crippen MR) is 122 cm³/mol. The number of aromatic nitrogens is 1. The van der Waals surface area contributed by atoms with Gasteiger partial charge in [-0.1, -0.05) is 48.0 Å². The second-order valence-electron chi connectivity index (χ2n) is 7.42. The number of esters is 1. The van der Waals surface area contributed by atoms with Crippen LogP contribution in [0.4, 0.5) is 0 Å². The summed E-state index contributed by atoms with van der Waals surface area (Å²) in [5.74, 6) is -0.288. The first-order valence-corrected chi connectivity index (χ1v) is 11.4. The topological polar surface area (TPSA) is 82.4 Å². The van der Waals surface area contributed by atoms with Gasteiger partial charge in [-0.15, -0.1) is 0 Å². The fourth-order valence-corrected chi connectivity index (χ4v) is 5.11. The summed E-state index contributed by atoms with van der Waals surface area (Å²) >= 11 is 0. The van der Waals surface area contributed by atoms with Crippen molar-refractivity contribution in [3.8, 4) is 16.9 Å². The number of hydrogen-bond acceptors (Lipinski definition) is 5. The molecule has 4 rings (SSSR count). The van der Waals surface area contributed by atoms with Gasteiger partial charge in [0.15, 0.2) is 0 Å². The number of aryl methyl sites for hydroxylation is 1. The third kappa shape index (κ3) is 3.83. The Hall–Kier alpha value is -3.71. The highest BCUT2D eigenvalue weighted by molar-refractivity contribution is 7.90. The molecule has 1 heterocycles. The first-order chi connectivity index (χ1) is 15.3. The lowest BCUT2D eigenvalue weighted by Crippen LogP contribution is -2.12. The summed E-state index contributed by atoms with van der Waals surface area (Å²) in [6, 6.07) is 19.0. The molecule has 0 N–H and O–H groups in total. The quantitative estimate of drug-likeness (QED) is 0.247. The molecule has 0 saturated heterocycles. The number of fused-ring (bicyclic) bond motifs is 1. The number of carbonyl (C=O) groups excluding carboxylic acids is 2. The zero-order valence-electron chi connectivity index (χ0n) is 17.6. The molecule has 0 bridgehead atoms. The van der Waals surface area contributed by atoms with E-state index in [2.05, 4.69) is 0 Å². The second-order valence-corrected chi connectivity index (χ2v) is 9.24. The molecule has 0 aliphatic carbocycles. The molecule has 0 spiro atoms. The third-order valence-corrected chi connectivity index (χ3v) is 6.89. The van der Waals surface area contributed by atoms with Crippen molar-refractivity contribution in [2.45, 2.75) is 25.2 Å². The van der Waals surface area contributed by atoms with Crippen LogP contribution in [0.15, 0.2) is 77.8 Å². The highest BCUT2D eigenvalue weighted by atomic mass is 32.2. The average Bonchev–Trinajstić information content (AvgIpc) is 3.17. The lowest BCUT2D eigenvalue weighted by Gasteiger charge is -2.12. The monoisotopic (exact) mass is 447 g/mol. The second kappa shape index (κ2) is 8.43. The minimum Gasteiger partial charge on any atom is -0.426 e. The smallest absolute Gasteiger partial charge is 0.308 e. The first-order valence-electron chi connectivity index (χ1n) is 9.99. The van der Waals surface area contributed by atoms with Crippen LogP contribution in [0.2, 0.25) is 0 Å². The fraction of sp³-hybridized carbons (Fsp3) is 0.120. The van der Waals surface area contributed by atoms with Crippen LogP contribution in [-0.4, -0.2) is 24.6 Å². The lowest BCUT2D eigenvalue weighted by atomic mass is 9.98. The molecule has 6 nitrogen and oxygen atoms in total. The molecular formula is C25H21NO5S. The molecule has 1 aromatic heterocycles. The Labute approximate surface area is 186 Å². The van der Waals surface area contributed by atoms with Gasteiger partial charge in [0.25, 0.3) is 10.0 Å². The summed E-state index contributed by atoms with van der Waals surface area (Å²) in [6.07, 6.45) is 2.23. The summed E-state index contributed by atoms with van der Waals surface area (Å²) in [7, 11) is -3.92. The Morgan fingerprint density at radius 1 is 1.00 bits per heavy atom. The van der Waals surface area contributed by atoms with E-state index in [1.54, 1.807) is 36.5 Å². The van der Waals surface area contributed by atoms with Gasteiger partial charge in [0.2, 0.25) is 0 Å². The van der Waals surface area contributed by atoms with Crippen LogP contribution in [0.25, 0.3) is 22.0 Å². The van der Waals surface area contributed by atoms with Crippen molar-refractivity contribution in [2.75, 3.05) is 0 Å². The molecule has 7 heteroatoms. The van der Waals surface area contributed by atoms with Gasteiger partial charge >= 0.3 is 5.97 Å². The number of hydrogen-bond donors (Lipinski definition) is 0. The van der Waals surface area contributed by atoms with Crippen LogP contribution in [0.3, 0.4) is 0 Å². The van der Waals surface area contributed by atoms with Gasteiger partial charge in [0, 0.05) is 36.1 Å². The minimum atomic E-state index is -3.92. The molecule has 0 unspecified atom stereocenters. The van der Waals surface area contributed by atoms with E-state index >= 15 is 0 Å². The Morgan fingerprint density at radius 3 is 2.31 bits per heavy atom. The van der Waals surface area contributed by atoms with Crippen LogP contribution < -0.4 is 4.74 Å². The normalized spacial score (nSPS) is 11.4. The number of rotatable bonds is 6. The summed E-state index contributed by atoms with van der Waals surface area (Å²) in [6.45, 7) is 3.16. The van der Waals surface area contributed by atoms with Crippen molar-refractivity contribution >= 4 is 33.2 Å². The molecule has 0 amide bonds. The van der Waals surface area contributed by atoms with Gasteiger partial charge < -0.3 is 9.53 Å². The van der Waals surface area contributed by atoms with Crippen molar-refractivity contribution in [3.05, 3.63) is 84.1 Å². The largest absolute Gasteiger partial charge is 0.426 e. The summed E-state index contributed by atoms with van der Waals surface area (Å²) in [5, 5.41) is 0.553. The average molecular weight is 448 g/mol. The molecule has 0 radical (unpaired) electrons. The molecule has 0 atom stereocenters. The van der Waals surface area contributed by atoms with Gasteiger partial charge in [-0.25, -0.2) is 12.4 Å². The van der Waals surface area contributed by atoms with Crippen LogP contribution >= 0.6 is 0 Å². The molecule has 4 aromatic rings. The van der Waals surface area contributed by atoms with E-state index in [1.165, 1.54) is 17.0 Å². The molecule has 0 aliphatic heterocycles.